The monoisotopic (exact) mass is 576 g/mol. The second-order valence-corrected chi connectivity index (χ2v) is 12.4. The van der Waals surface area contributed by atoms with E-state index in [1.165, 1.54) is 18.9 Å². The summed E-state index contributed by atoms with van der Waals surface area (Å²) < 4.78 is 6.56. The van der Waals surface area contributed by atoms with Crippen molar-refractivity contribution in [1.82, 2.24) is 10.2 Å². The molecule has 0 aromatic heterocycles. The molecule has 1 spiro atoms. The van der Waals surface area contributed by atoms with Crippen LogP contribution in [0, 0.1) is 5.92 Å². The summed E-state index contributed by atoms with van der Waals surface area (Å²) in [5.74, 6) is -0.457. The summed E-state index contributed by atoms with van der Waals surface area (Å²) in [7, 11) is 0. The molecule has 9 heteroatoms. The maximum Gasteiger partial charge on any atom is 0.336 e. The Morgan fingerprint density at radius 3 is 2.63 bits per heavy atom. The van der Waals surface area contributed by atoms with Crippen molar-refractivity contribution in [3.05, 3.63) is 70.8 Å². The third kappa shape index (κ3) is 3.53. The van der Waals surface area contributed by atoms with Crippen molar-refractivity contribution in [3.8, 4) is 11.5 Å². The van der Waals surface area contributed by atoms with E-state index >= 15 is 0 Å². The second-order valence-electron chi connectivity index (χ2n) is 12.4. The molecule has 8 nitrogen and oxygen atoms in total. The van der Waals surface area contributed by atoms with Crippen LogP contribution in [0.1, 0.15) is 63.9 Å². The summed E-state index contributed by atoms with van der Waals surface area (Å²) in [6.45, 7) is 1.82. The van der Waals surface area contributed by atoms with E-state index in [-0.39, 0.29) is 35.3 Å². The molecule has 8 rings (SSSR count). The topological polar surface area (TPSA) is 119 Å². The lowest BCUT2D eigenvalue weighted by molar-refractivity contribution is -0.191. The number of rotatable bonds is 5. The van der Waals surface area contributed by atoms with Gasteiger partial charge in [0, 0.05) is 18.2 Å². The van der Waals surface area contributed by atoms with Gasteiger partial charge in [-0.05, 0) is 79.5 Å². The predicted molar refractivity (Wildman–Crippen MR) is 154 cm³/mol. The number of carboxylic acids is 1. The Morgan fingerprint density at radius 1 is 1.05 bits per heavy atom. The normalized spacial score (nSPS) is 31.1. The van der Waals surface area contributed by atoms with Crippen molar-refractivity contribution in [2.75, 3.05) is 13.1 Å². The fraction of sp³-hybridized carbons (Fsp3) is 0.438. The number of phenols is 1. The molecule has 5 aliphatic rings. The number of amides is 1. The Kier molecular flexibility index (Phi) is 5.88. The van der Waals surface area contributed by atoms with E-state index in [1.54, 1.807) is 24.3 Å². The van der Waals surface area contributed by atoms with E-state index in [9.17, 15) is 24.9 Å². The Hall–Kier alpha value is -3.33. The number of nitrogens with one attached hydrogen (secondary N) is 1. The van der Waals surface area contributed by atoms with Crippen LogP contribution in [0.15, 0.2) is 48.5 Å². The highest BCUT2D eigenvalue weighted by Gasteiger charge is 2.73. The highest BCUT2D eigenvalue weighted by Crippen LogP contribution is 2.65. The molecule has 2 aliphatic heterocycles. The number of halogens is 1. The van der Waals surface area contributed by atoms with E-state index in [0.29, 0.717) is 42.7 Å². The lowest BCUT2D eigenvalue weighted by Crippen LogP contribution is -2.78. The molecule has 0 radical (unpaired) electrons. The Labute approximate surface area is 243 Å². The molecule has 1 amide bonds. The molecule has 2 heterocycles. The molecule has 3 fully saturated rings. The maximum absolute atomic E-state index is 13.9. The third-order valence-corrected chi connectivity index (χ3v) is 10.5. The first-order valence-corrected chi connectivity index (χ1v) is 14.4. The summed E-state index contributed by atoms with van der Waals surface area (Å²) in [5.41, 5.74) is 0.262. The number of carbonyl (C=O) groups excluding carboxylic acids is 1. The number of phenolic OH excluding ortho intramolecular Hbond substituents is 1. The number of piperidine rings is 1. The van der Waals surface area contributed by atoms with Crippen LogP contribution in [0.3, 0.4) is 0 Å². The molecule has 3 aromatic carbocycles. The number of nitrogens with zero attached hydrogens (tertiary/aromatic N) is 1. The summed E-state index contributed by atoms with van der Waals surface area (Å²) in [4.78, 5) is 28.5. The van der Waals surface area contributed by atoms with Crippen molar-refractivity contribution in [3.63, 3.8) is 0 Å². The highest BCUT2D eigenvalue weighted by atomic mass is 35.5. The van der Waals surface area contributed by atoms with Gasteiger partial charge >= 0.3 is 5.97 Å². The second kappa shape index (κ2) is 9.08. The van der Waals surface area contributed by atoms with Crippen LogP contribution in [0.5, 0.6) is 11.5 Å². The molecule has 214 valence electrons. The van der Waals surface area contributed by atoms with Crippen LogP contribution >= 0.6 is 12.4 Å². The number of aromatic hydroxyl groups is 1. The van der Waals surface area contributed by atoms with Crippen molar-refractivity contribution in [2.24, 2.45) is 5.92 Å². The van der Waals surface area contributed by atoms with Gasteiger partial charge in [0.2, 0.25) is 0 Å². The molecular weight excluding hydrogens is 544 g/mol. The number of aliphatic hydroxyl groups is 1. The van der Waals surface area contributed by atoms with Crippen molar-refractivity contribution in [1.29, 1.82) is 0 Å². The number of carbonyl (C=O) groups is 2. The first-order chi connectivity index (χ1) is 19.3. The Bertz CT molecular complexity index is 1610. The van der Waals surface area contributed by atoms with Gasteiger partial charge < -0.3 is 25.4 Å². The van der Waals surface area contributed by atoms with Gasteiger partial charge in [0.05, 0.1) is 28.2 Å². The van der Waals surface area contributed by atoms with Crippen LogP contribution in [0.2, 0.25) is 0 Å². The molecular formula is C32H33ClN2O6. The van der Waals surface area contributed by atoms with Crippen LogP contribution in [0.4, 0.5) is 0 Å². The van der Waals surface area contributed by atoms with Crippen LogP contribution < -0.4 is 10.1 Å². The van der Waals surface area contributed by atoms with Gasteiger partial charge in [0.25, 0.3) is 5.91 Å². The largest absolute Gasteiger partial charge is 0.504 e. The number of hydrogen-bond acceptors (Lipinski definition) is 6. The summed E-state index contributed by atoms with van der Waals surface area (Å²) >= 11 is 0. The van der Waals surface area contributed by atoms with E-state index in [2.05, 4.69) is 10.2 Å². The molecule has 41 heavy (non-hydrogen) atoms. The van der Waals surface area contributed by atoms with Gasteiger partial charge in [-0.25, -0.2) is 4.79 Å². The Balaban J connectivity index is 0.00000276. The SMILES string of the molecule is Cl.O=C(O)c1ccc2ccccc2c1C(=O)N[C@@H]1CC[C@@]2(O)[C@H]3Cc4ccc(O)c5c4[C@@]2(CCN3CC2CC2)[C@H]1O5. The van der Waals surface area contributed by atoms with Gasteiger partial charge in [-0.3, -0.25) is 9.69 Å². The number of fused-ring (bicyclic) bond motifs is 1. The standard InChI is InChI=1S/C32H32N2O6.ClH/c35-23-10-8-19-15-24-32(39)12-11-22(28-31(32,26(19)27(23)40-28)13-14-34(24)16-17-5-6-17)33-29(36)25-20-4-2-1-3-18(20)7-9-21(25)30(37)38;/h1-4,7-10,17,22,24,28,35,39H,5-6,11-16H2,(H,33,36)(H,37,38);1H/t22-,24-,28+,31+,32-;/m1./s1. The fourth-order valence-corrected chi connectivity index (χ4v) is 8.56. The van der Waals surface area contributed by atoms with Crippen molar-refractivity contribution < 1.29 is 29.6 Å². The quantitative estimate of drug-likeness (QED) is 0.362. The Morgan fingerprint density at radius 2 is 1.85 bits per heavy atom. The van der Waals surface area contributed by atoms with Crippen LogP contribution in [-0.4, -0.2) is 69.0 Å². The smallest absolute Gasteiger partial charge is 0.336 e. The number of likely N-dealkylation sites (tertiary alicyclic amines) is 1. The average molecular weight is 577 g/mol. The lowest BCUT2D eigenvalue weighted by atomic mass is 9.48. The predicted octanol–water partition coefficient (Wildman–Crippen LogP) is 4.03. The number of aromatic carboxylic acids is 1. The minimum Gasteiger partial charge on any atom is -0.504 e. The van der Waals surface area contributed by atoms with Crippen LogP contribution in [-0.2, 0) is 11.8 Å². The van der Waals surface area contributed by atoms with Gasteiger partial charge in [0.1, 0.15) is 6.10 Å². The third-order valence-electron chi connectivity index (χ3n) is 10.5. The van der Waals surface area contributed by atoms with Crippen molar-refractivity contribution >= 4 is 35.1 Å². The van der Waals surface area contributed by atoms with Gasteiger partial charge in [-0.15, -0.1) is 12.4 Å². The molecule has 3 aromatic rings. The van der Waals surface area contributed by atoms with E-state index in [4.69, 9.17) is 4.74 Å². The van der Waals surface area contributed by atoms with E-state index in [1.807, 2.05) is 18.2 Å². The van der Waals surface area contributed by atoms with E-state index in [0.717, 1.165) is 29.6 Å². The number of benzene rings is 3. The maximum atomic E-state index is 13.9. The molecule has 0 unspecified atom stereocenters. The summed E-state index contributed by atoms with van der Waals surface area (Å²) in [6.07, 6.45) is 4.26. The zero-order chi connectivity index (χ0) is 27.4. The molecule has 4 N–H and O–H groups in total. The zero-order valence-electron chi connectivity index (χ0n) is 22.5. The average Bonchev–Trinajstić information content (AvgIpc) is 3.69. The molecule has 1 saturated heterocycles. The zero-order valence-corrected chi connectivity index (χ0v) is 23.3. The number of carboxylic acid groups (broad SMARTS) is 1. The number of hydrogen-bond donors (Lipinski definition) is 4. The molecule has 5 atom stereocenters. The fourth-order valence-electron chi connectivity index (χ4n) is 8.56. The minimum atomic E-state index is -1.16. The van der Waals surface area contributed by atoms with Gasteiger partial charge in [0.15, 0.2) is 11.5 Å². The van der Waals surface area contributed by atoms with E-state index < -0.39 is 35.0 Å². The van der Waals surface area contributed by atoms with Crippen LogP contribution in [0.25, 0.3) is 10.8 Å². The highest BCUT2D eigenvalue weighted by molar-refractivity contribution is 6.14. The summed E-state index contributed by atoms with van der Waals surface area (Å²) in [6, 6.07) is 13.6. The van der Waals surface area contributed by atoms with Gasteiger partial charge in [-0.1, -0.05) is 36.4 Å². The number of ether oxygens (including phenoxy) is 1. The minimum absolute atomic E-state index is 0. The first-order valence-electron chi connectivity index (χ1n) is 14.4. The first kappa shape index (κ1) is 26.6. The molecule has 3 aliphatic carbocycles. The molecule has 2 saturated carbocycles. The summed E-state index contributed by atoms with van der Waals surface area (Å²) in [5, 5.41) is 37.9. The van der Waals surface area contributed by atoms with Gasteiger partial charge in [-0.2, -0.15) is 0 Å². The van der Waals surface area contributed by atoms with Crippen molar-refractivity contribution in [2.45, 2.75) is 67.7 Å². The lowest BCUT2D eigenvalue weighted by Gasteiger charge is -2.64. The molecule has 2 bridgehead atoms.